The maximum absolute atomic E-state index is 5.25. The van der Waals surface area contributed by atoms with E-state index in [1.807, 2.05) is 6.92 Å². The van der Waals surface area contributed by atoms with Crippen LogP contribution in [0.3, 0.4) is 0 Å². The Morgan fingerprint density at radius 2 is 2.39 bits per heavy atom. The summed E-state index contributed by atoms with van der Waals surface area (Å²) in [6.07, 6.45) is 2.12. The minimum absolute atomic E-state index is 0.316. The Balaban J connectivity index is 2.20. The molecule has 18 heavy (non-hydrogen) atoms. The van der Waals surface area contributed by atoms with Crippen molar-refractivity contribution >= 4 is 5.95 Å². The van der Waals surface area contributed by atoms with Crippen molar-refractivity contribution in [2.24, 2.45) is 0 Å². The van der Waals surface area contributed by atoms with Crippen molar-refractivity contribution < 1.29 is 4.74 Å². The summed E-state index contributed by atoms with van der Waals surface area (Å²) in [6.45, 7) is 10.2. The van der Waals surface area contributed by atoms with Crippen molar-refractivity contribution in [1.29, 1.82) is 0 Å². The van der Waals surface area contributed by atoms with Crippen molar-refractivity contribution in [3.8, 4) is 0 Å². The largest absolute Gasteiger partial charge is 0.383 e. The smallest absolute Gasteiger partial charge is 0.206 e. The van der Waals surface area contributed by atoms with Crippen LogP contribution in [-0.4, -0.2) is 48.9 Å². The molecule has 1 aliphatic heterocycles. The van der Waals surface area contributed by atoms with Gasteiger partial charge in [0.25, 0.3) is 0 Å². The van der Waals surface area contributed by atoms with E-state index < -0.39 is 0 Å². The van der Waals surface area contributed by atoms with E-state index in [0.29, 0.717) is 18.7 Å². The van der Waals surface area contributed by atoms with Gasteiger partial charge in [0.05, 0.1) is 18.3 Å². The second-order valence-electron chi connectivity index (χ2n) is 5.20. The van der Waals surface area contributed by atoms with Crippen LogP contribution in [0.5, 0.6) is 0 Å². The number of aryl methyl sites for hydroxylation is 1. The third-order valence-corrected chi connectivity index (χ3v) is 3.37. The maximum Gasteiger partial charge on any atom is 0.206 e. The summed E-state index contributed by atoms with van der Waals surface area (Å²) in [7, 11) is 1.74. The lowest BCUT2D eigenvalue weighted by atomic mass is 10.2. The van der Waals surface area contributed by atoms with Gasteiger partial charge in [-0.05, 0) is 20.8 Å². The van der Waals surface area contributed by atoms with Crippen molar-refractivity contribution in [3.63, 3.8) is 0 Å². The number of rotatable bonds is 4. The van der Waals surface area contributed by atoms with E-state index >= 15 is 0 Å². The molecule has 1 saturated heterocycles. The molecule has 5 nitrogen and oxygen atoms in total. The first-order valence-corrected chi connectivity index (χ1v) is 6.64. The van der Waals surface area contributed by atoms with E-state index in [9.17, 15) is 0 Å². The summed E-state index contributed by atoms with van der Waals surface area (Å²) in [5.74, 6) is 1.07. The van der Waals surface area contributed by atoms with Gasteiger partial charge in [-0.3, -0.25) is 0 Å². The van der Waals surface area contributed by atoms with Crippen LogP contribution in [0.2, 0.25) is 0 Å². The van der Waals surface area contributed by atoms with Crippen LogP contribution in [-0.2, 0) is 4.74 Å². The molecule has 0 aliphatic carbocycles. The topological polar surface area (TPSA) is 42.3 Å². The molecule has 5 heteroatoms. The highest BCUT2D eigenvalue weighted by Crippen LogP contribution is 2.21. The van der Waals surface area contributed by atoms with Gasteiger partial charge in [-0.1, -0.05) is 0 Å². The second kappa shape index (κ2) is 5.71. The lowest BCUT2D eigenvalue weighted by Gasteiger charge is -2.33. The lowest BCUT2D eigenvalue weighted by Crippen LogP contribution is -2.50. The summed E-state index contributed by atoms with van der Waals surface area (Å²) >= 11 is 0. The van der Waals surface area contributed by atoms with Crippen molar-refractivity contribution in [2.45, 2.75) is 32.9 Å². The first kappa shape index (κ1) is 13.4. The predicted molar refractivity (Wildman–Crippen MR) is 73.2 cm³/mol. The van der Waals surface area contributed by atoms with E-state index in [2.05, 4.69) is 39.8 Å². The first-order chi connectivity index (χ1) is 8.61. The number of hydrogen-bond acceptors (Lipinski definition) is 4. The lowest BCUT2D eigenvalue weighted by molar-refractivity contribution is 0.162. The molecule has 2 rings (SSSR count). The van der Waals surface area contributed by atoms with E-state index in [1.165, 1.54) is 0 Å². The van der Waals surface area contributed by atoms with Gasteiger partial charge >= 0.3 is 0 Å². The highest BCUT2D eigenvalue weighted by Gasteiger charge is 2.22. The van der Waals surface area contributed by atoms with Gasteiger partial charge in [0.2, 0.25) is 5.95 Å². The van der Waals surface area contributed by atoms with E-state index in [0.717, 1.165) is 31.3 Å². The molecule has 0 spiro atoms. The van der Waals surface area contributed by atoms with Crippen LogP contribution in [0.15, 0.2) is 6.20 Å². The van der Waals surface area contributed by atoms with Gasteiger partial charge < -0.3 is 19.5 Å². The van der Waals surface area contributed by atoms with Crippen LogP contribution in [0.1, 0.15) is 25.6 Å². The molecule has 102 valence electrons. The molecule has 1 aromatic heterocycles. The molecular weight excluding hydrogens is 228 g/mol. The Morgan fingerprint density at radius 1 is 1.61 bits per heavy atom. The molecule has 0 radical (unpaired) electrons. The Bertz CT molecular complexity index is 390. The molecule has 0 amide bonds. The van der Waals surface area contributed by atoms with Gasteiger partial charge in [-0.2, -0.15) is 0 Å². The number of piperazine rings is 1. The fourth-order valence-electron chi connectivity index (χ4n) is 2.50. The number of nitrogens with zero attached hydrogens (tertiary/aromatic N) is 3. The second-order valence-corrected chi connectivity index (χ2v) is 5.20. The predicted octanol–water partition coefficient (Wildman–Crippen LogP) is 1.20. The molecule has 1 unspecified atom stereocenters. The summed E-state index contributed by atoms with van der Waals surface area (Å²) in [4.78, 5) is 7.04. The Morgan fingerprint density at radius 3 is 3.06 bits per heavy atom. The highest BCUT2D eigenvalue weighted by atomic mass is 16.5. The Labute approximate surface area is 109 Å². The number of nitrogens with one attached hydrogen (secondary N) is 1. The minimum Gasteiger partial charge on any atom is -0.383 e. The number of ether oxygens (including phenoxy) is 1. The van der Waals surface area contributed by atoms with Crippen molar-refractivity contribution in [3.05, 3.63) is 11.9 Å². The molecule has 1 fully saturated rings. The van der Waals surface area contributed by atoms with Crippen molar-refractivity contribution in [1.82, 2.24) is 14.9 Å². The monoisotopic (exact) mass is 252 g/mol. The molecule has 0 bridgehead atoms. The zero-order chi connectivity index (χ0) is 13.1. The third kappa shape index (κ3) is 2.84. The van der Waals surface area contributed by atoms with Gasteiger partial charge in [-0.25, -0.2) is 4.98 Å². The Kier molecular flexibility index (Phi) is 4.24. The molecule has 0 saturated carbocycles. The quantitative estimate of drug-likeness (QED) is 0.874. The fraction of sp³-hybridized carbons (Fsp3) is 0.769. The zero-order valence-corrected chi connectivity index (χ0v) is 11.8. The maximum atomic E-state index is 5.25. The summed E-state index contributed by atoms with van der Waals surface area (Å²) in [6, 6.07) is 0.832. The number of hydrogen-bond donors (Lipinski definition) is 1. The van der Waals surface area contributed by atoms with E-state index in [-0.39, 0.29) is 0 Å². The van der Waals surface area contributed by atoms with Gasteiger partial charge in [0.15, 0.2) is 0 Å². The van der Waals surface area contributed by atoms with Gasteiger partial charge in [-0.15, -0.1) is 0 Å². The third-order valence-electron chi connectivity index (χ3n) is 3.37. The molecule has 1 aromatic rings. The first-order valence-electron chi connectivity index (χ1n) is 6.64. The summed E-state index contributed by atoms with van der Waals surface area (Å²) in [5.41, 5.74) is 1.07. The number of imidazole rings is 1. The number of methoxy groups -OCH3 is 1. The van der Waals surface area contributed by atoms with Gasteiger partial charge in [0.1, 0.15) is 0 Å². The van der Waals surface area contributed by atoms with Crippen molar-refractivity contribution in [2.75, 3.05) is 38.3 Å². The average molecular weight is 252 g/mol. The standard InChI is InChI=1S/C13H24N4O/c1-10-7-16(6-5-14-10)13-15-11(2)8-17(13)12(3)9-18-4/h8,10,12,14H,5-7,9H2,1-4H3/t10-,12?/m1/s1. The minimum atomic E-state index is 0.316. The number of aromatic nitrogens is 2. The molecule has 2 heterocycles. The summed E-state index contributed by atoms with van der Waals surface area (Å²) < 4.78 is 7.48. The normalized spacial score (nSPS) is 22.2. The van der Waals surface area contributed by atoms with E-state index in [1.54, 1.807) is 7.11 Å². The highest BCUT2D eigenvalue weighted by molar-refractivity contribution is 5.35. The number of anilines is 1. The Hall–Kier alpha value is -1.07. The van der Waals surface area contributed by atoms with Crippen LogP contribution in [0, 0.1) is 6.92 Å². The van der Waals surface area contributed by atoms with Crippen LogP contribution < -0.4 is 10.2 Å². The molecule has 1 aliphatic rings. The molecular formula is C13H24N4O. The molecule has 0 aromatic carbocycles. The zero-order valence-electron chi connectivity index (χ0n) is 11.8. The fourth-order valence-corrected chi connectivity index (χ4v) is 2.50. The van der Waals surface area contributed by atoms with Crippen LogP contribution in [0.4, 0.5) is 5.95 Å². The SMILES string of the molecule is COCC(C)n1cc(C)nc1N1CCN[C@H](C)C1. The van der Waals surface area contributed by atoms with E-state index in [4.69, 9.17) is 4.74 Å². The van der Waals surface area contributed by atoms with Gasteiger partial charge in [0, 0.05) is 39.0 Å². The summed E-state index contributed by atoms with van der Waals surface area (Å²) in [5, 5.41) is 3.46. The molecule has 2 atom stereocenters. The van der Waals surface area contributed by atoms with Crippen LogP contribution in [0.25, 0.3) is 0 Å². The van der Waals surface area contributed by atoms with Crippen LogP contribution >= 0.6 is 0 Å². The molecule has 1 N–H and O–H groups in total. The average Bonchev–Trinajstić information content (AvgIpc) is 2.72.